The molecule has 0 saturated heterocycles. The predicted molar refractivity (Wildman–Crippen MR) is 85.5 cm³/mol. The molecule has 24 heavy (non-hydrogen) atoms. The van der Waals surface area contributed by atoms with E-state index in [4.69, 9.17) is 17.4 Å². The lowest BCUT2D eigenvalue weighted by molar-refractivity contribution is 0.510. The van der Waals surface area contributed by atoms with Crippen LogP contribution in [0.5, 0.6) is 0 Å². The van der Waals surface area contributed by atoms with Crippen molar-refractivity contribution in [1.29, 1.82) is 0 Å². The lowest BCUT2D eigenvalue weighted by atomic mass is 10.2. The molecule has 0 bridgehead atoms. The van der Waals surface area contributed by atoms with Crippen molar-refractivity contribution in [1.82, 2.24) is 14.8 Å². The summed E-state index contributed by atoms with van der Waals surface area (Å²) in [6.45, 7) is 0. The van der Waals surface area contributed by atoms with E-state index in [0.717, 1.165) is 6.07 Å². The van der Waals surface area contributed by atoms with Crippen molar-refractivity contribution in [2.45, 2.75) is 4.90 Å². The highest BCUT2D eigenvalue weighted by atomic mass is 32.2. The van der Waals surface area contributed by atoms with Crippen LogP contribution in [-0.4, -0.2) is 23.2 Å². The Morgan fingerprint density at radius 3 is 2.42 bits per heavy atom. The number of nitrogens with zero attached hydrogens (tertiary/aromatic N) is 2. The molecule has 1 aromatic heterocycles. The molecule has 124 valence electrons. The number of aromatic amines is 1. The van der Waals surface area contributed by atoms with Gasteiger partial charge in [-0.2, -0.15) is 5.10 Å². The van der Waals surface area contributed by atoms with Crippen LogP contribution in [0.25, 0.3) is 17.1 Å². The first-order valence-corrected chi connectivity index (χ1v) is 8.49. The second-order valence-corrected chi connectivity index (χ2v) is 6.78. The van der Waals surface area contributed by atoms with Crippen molar-refractivity contribution >= 4 is 22.2 Å². The minimum Gasteiger partial charge on any atom is -0.268 e. The SMILES string of the molecule is NS(=O)(=O)c1ccc(-n2c(-c3cccc(F)c3F)n[nH]c2=S)cc1. The zero-order valence-electron chi connectivity index (χ0n) is 11.9. The second kappa shape index (κ2) is 5.89. The van der Waals surface area contributed by atoms with E-state index in [2.05, 4.69) is 10.2 Å². The van der Waals surface area contributed by atoms with Gasteiger partial charge in [0, 0.05) is 0 Å². The normalized spacial score (nSPS) is 11.6. The summed E-state index contributed by atoms with van der Waals surface area (Å²) in [7, 11) is -3.84. The van der Waals surface area contributed by atoms with E-state index in [9.17, 15) is 17.2 Å². The van der Waals surface area contributed by atoms with E-state index in [1.165, 1.54) is 41.0 Å². The third-order valence-electron chi connectivity index (χ3n) is 3.29. The number of sulfonamides is 1. The molecule has 0 unspecified atom stereocenters. The number of halogens is 2. The highest BCUT2D eigenvalue weighted by Gasteiger charge is 2.17. The van der Waals surface area contributed by atoms with Gasteiger partial charge >= 0.3 is 0 Å². The molecule has 1 heterocycles. The summed E-state index contributed by atoms with van der Waals surface area (Å²) in [5.74, 6) is -2.02. The van der Waals surface area contributed by atoms with Crippen molar-refractivity contribution in [2.24, 2.45) is 5.14 Å². The van der Waals surface area contributed by atoms with Gasteiger partial charge in [0.05, 0.1) is 16.1 Å². The largest absolute Gasteiger partial charge is 0.268 e. The number of nitrogens with one attached hydrogen (secondary N) is 1. The molecule has 0 aliphatic heterocycles. The minimum atomic E-state index is -3.84. The second-order valence-electron chi connectivity index (χ2n) is 4.83. The molecule has 3 aromatic rings. The molecule has 3 N–H and O–H groups in total. The standard InChI is InChI=1S/C14H10F2N4O2S2/c15-11-3-1-2-10(12(11)16)13-18-19-14(23)20(13)8-4-6-9(7-5-8)24(17,21)22/h1-7H,(H,19,23)(H2,17,21,22). The predicted octanol–water partition coefficient (Wildman–Crippen LogP) is 2.52. The third kappa shape index (κ3) is 2.86. The smallest absolute Gasteiger partial charge is 0.238 e. The molecule has 10 heteroatoms. The Labute approximate surface area is 140 Å². The maximum atomic E-state index is 14.0. The summed E-state index contributed by atoms with van der Waals surface area (Å²) in [5, 5.41) is 11.5. The first kappa shape index (κ1) is 16.4. The zero-order chi connectivity index (χ0) is 17.5. The summed E-state index contributed by atoms with van der Waals surface area (Å²) in [6.07, 6.45) is 0. The summed E-state index contributed by atoms with van der Waals surface area (Å²) < 4.78 is 51.6. The molecule has 6 nitrogen and oxygen atoms in total. The van der Waals surface area contributed by atoms with E-state index in [0.29, 0.717) is 5.69 Å². The molecule has 3 rings (SSSR count). The van der Waals surface area contributed by atoms with Gasteiger partial charge in [-0.25, -0.2) is 22.3 Å². The first-order chi connectivity index (χ1) is 11.3. The van der Waals surface area contributed by atoms with Crippen LogP contribution < -0.4 is 5.14 Å². The van der Waals surface area contributed by atoms with Crippen molar-refractivity contribution in [3.8, 4) is 17.1 Å². The Kier molecular flexibility index (Phi) is 4.03. The fraction of sp³-hybridized carbons (Fsp3) is 0. The van der Waals surface area contributed by atoms with Gasteiger partial charge in [0.15, 0.2) is 22.2 Å². The van der Waals surface area contributed by atoms with E-state index in [-0.39, 0.29) is 21.1 Å². The summed E-state index contributed by atoms with van der Waals surface area (Å²) in [5.41, 5.74) is 0.331. The Bertz CT molecular complexity index is 1070. The maximum Gasteiger partial charge on any atom is 0.238 e. The van der Waals surface area contributed by atoms with Gasteiger partial charge in [-0.05, 0) is 48.6 Å². The van der Waals surface area contributed by atoms with E-state index in [1.54, 1.807) is 0 Å². The van der Waals surface area contributed by atoms with Gasteiger partial charge < -0.3 is 0 Å². The number of rotatable bonds is 3. The van der Waals surface area contributed by atoms with Crippen molar-refractivity contribution in [2.75, 3.05) is 0 Å². The average Bonchev–Trinajstić information content (AvgIpc) is 2.91. The number of H-pyrrole nitrogens is 1. The van der Waals surface area contributed by atoms with Crippen LogP contribution in [0.15, 0.2) is 47.4 Å². The molecule has 0 aliphatic rings. The van der Waals surface area contributed by atoms with Gasteiger partial charge in [-0.1, -0.05) is 6.07 Å². The fourth-order valence-corrected chi connectivity index (χ4v) is 2.93. The highest BCUT2D eigenvalue weighted by Crippen LogP contribution is 2.26. The highest BCUT2D eigenvalue weighted by molar-refractivity contribution is 7.89. The monoisotopic (exact) mass is 368 g/mol. The van der Waals surface area contributed by atoms with Gasteiger partial charge in [0.25, 0.3) is 0 Å². The van der Waals surface area contributed by atoms with Crippen LogP contribution in [0.4, 0.5) is 8.78 Å². The Morgan fingerprint density at radius 1 is 1.12 bits per heavy atom. The van der Waals surface area contributed by atoms with Gasteiger partial charge in [-0.15, -0.1) is 0 Å². The molecular weight excluding hydrogens is 358 g/mol. The summed E-state index contributed by atoms with van der Waals surface area (Å²) in [4.78, 5) is -0.0836. The Hall–Kier alpha value is -2.43. The molecule has 2 aromatic carbocycles. The van der Waals surface area contributed by atoms with Crippen LogP contribution in [0.2, 0.25) is 0 Å². The number of primary sulfonamides is 1. The van der Waals surface area contributed by atoms with E-state index >= 15 is 0 Å². The number of aromatic nitrogens is 3. The lowest BCUT2D eigenvalue weighted by Crippen LogP contribution is -2.12. The Balaban J connectivity index is 2.19. The molecule has 0 spiro atoms. The number of benzene rings is 2. The quantitative estimate of drug-likeness (QED) is 0.695. The number of nitrogens with two attached hydrogens (primary N) is 1. The van der Waals surface area contributed by atoms with Crippen molar-refractivity contribution in [3.63, 3.8) is 0 Å². The fourth-order valence-electron chi connectivity index (χ4n) is 2.18. The molecule has 0 amide bonds. The first-order valence-electron chi connectivity index (χ1n) is 6.54. The van der Waals surface area contributed by atoms with Crippen LogP contribution >= 0.6 is 12.2 Å². The lowest BCUT2D eigenvalue weighted by Gasteiger charge is -2.08. The van der Waals surface area contributed by atoms with Gasteiger partial charge in [-0.3, -0.25) is 9.67 Å². The molecule has 0 radical (unpaired) electrons. The van der Waals surface area contributed by atoms with Crippen LogP contribution in [0, 0.1) is 16.4 Å². The van der Waals surface area contributed by atoms with Crippen molar-refractivity contribution < 1.29 is 17.2 Å². The third-order valence-corrected chi connectivity index (χ3v) is 4.49. The van der Waals surface area contributed by atoms with E-state index < -0.39 is 21.7 Å². The van der Waals surface area contributed by atoms with Crippen LogP contribution in [0.3, 0.4) is 0 Å². The Morgan fingerprint density at radius 2 is 1.79 bits per heavy atom. The summed E-state index contributed by atoms with van der Waals surface area (Å²) in [6, 6.07) is 9.14. The molecule has 0 fully saturated rings. The maximum absolute atomic E-state index is 14.0. The number of hydrogen-bond donors (Lipinski definition) is 2. The van der Waals surface area contributed by atoms with Gasteiger partial charge in [0.2, 0.25) is 10.0 Å². The topological polar surface area (TPSA) is 93.8 Å². The molecular formula is C14H10F2N4O2S2. The van der Waals surface area contributed by atoms with E-state index in [1.807, 2.05) is 0 Å². The number of hydrogen-bond acceptors (Lipinski definition) is 4. The zero-order valence-corrected chi connectivity index (χ0v) is 13.5. The van der Waals surface area contributed by atoms with Crippen molar-refractivity contribution in [3.05, 3.63) is 58.9 Å². The summed E-state index contributed by atoms with van der Waals surface area (Å²) >= 11 is 5.12. The van der Waals surface area contributed by atoms with Crippen LogP contribution in [-0.2, 0) is 10.0 Å². The minimum absolute atomic E-state index is 0.0559. The molecule has 0 atom stereocenters. The average molecular weight is 368 g/mol. The molecule has 0 saturated carbocycles. The molecule has 0 aliphatic carbocycles. The van der Waals surface area contributed by atoms with Gasteiger partial charge in [0.1, 0.15) is 0 Å². The van der Waals surface area contributed by atoms with Crippen LogP contribution in [0.1, 0.15) is 0 Å².